The highest BCUT2D eigenvalue weighted by Crippen LogP contribution is 2.37. The molecule has 7 aromatic rings. The molecule has 6 aromatic carbocycles. The minimum absolute atomic E-state index is 0.346. The van der Waals surface area contributed by atoms with E-state index in [4.69, 9.17) is 0 Å². The van der Waals surface area contributed by atoms with Gasteiger partial charge in [-0.05, 0) is 121 Å². The number of aryl methyl sites for hydroxylation is 1. The smallest absolute Gasteiger partial charge is 0.102 e. The molecule has 0 saturated carbocycles. The minimum Gasteiger partial charge on any atom is -0.311 e. The van der Waals surface area contributed by atoms with E-state index in [0.717, 1.165) is 54.2 Å². The summed E-state index contributed by atoms with van der Waals surface area (Å²) in [5, 5.41) is 20.5. The van der Waals surface area contributed by atoms with Crippen LogP contribution in [0.5, 0.6) is 0 Å². The minimum atomic E-state index is 0.346. The van der Waals surface area contributed by atoms with E-state index >= 15 is 0 Å². The molecule has 0 aliphatic carbocycles. The van der Waals surface area contributed by atoms with E-state index < -0.39 is 0 Å². The second kappa shape index (κ2) is 17.1. The number of nitrogens with zero attached hydrogens (tertiary/aromatic N) is 5. The molecule has 0 aliphatic heterocycles. The molecule has 7 heteroatoms. The Morgan fingerprint density at radius 3 is 1.22 bits per heavy atom. The number of para-hydroxylation sites is 2. The molecule has 0 bridgehead atoms. The molecule has 0 amide bonds. The summed E-state index contributed by atoms with van der Waals surface area (Å²) < 4.78 is 2.03. The van der Waals surface area contributed by atoms with Crippen LogP contribution >= 0.6 is 31.9 Å². The van der Waals surface area contributed by atoms with Crippen molar-refractivity contribution in [3.63, 3.8) is 0 Å². The maximum Gasteiger partial charge on any atom is 0.102 e. The lowest BCUT2D eigenvalue weighted by molar-refractivity contribution is 1.14. The van der Waals surface area contributed by atoms with Gasteiger partial charge >= 0.3 is 0 Å². The van der Waals surface area contributed by atoms with Gasteiger partial charge in [0.05, 0.1) is 22.5 Å². The summed E-state index contributed by atoms with van der Waals surface area (Å²) in [6.07, 6.45) is 7.57. The Labute approximate surface area is 338 Å². The molecule has 0 atom stereocenters. The average molecular weight is 840 g/mol. The Morgan fingerprint density at radius 1 is 0.455 bits per heavy atom. The normalized spacial score (nSPS) is 11.0. The van der Waals surface area contributed by atoms with Gasteiger partial charge in [0.1, 0.15) is 12.1 Å². The second-order valence-corrected chi connectivity index (χ2v) is 14.4. The first-order chi connectivity index (χ1) is 26.9. The van der Waals surface area contributed by atoms with Crippen molar-refractivity contribution in [2.45, 2.75) is 6.92 Å². The Hall–Kier alpha value is -6.51. The summed E-state index contributed by atoms with van der Waals surface area (Å²) in [5.74, 6) is 0. The van der Waals surface area contributed by atoms with Crippen molar-refractivity contribution < 1.29 is 0 Å². The van der Waals surface area contributed by atoms with Crippen molar-refractivity contribution in [2.24, 2.45) is 0 Å². The molecule has 55 heavy (non-hydrogen) atoms. The van der Waals surface area contributed by atoms with Crippen LogP contribution in [0.15, 0.2) is 167 Å². The van der Waals surface area contributed by atoms with Gasteiger partial charge in [0.2, 0.25) is 0 Å². The lowest BCUT2D eigenvalue weighted by Gasteiger charge is -2.25. The molecule has 7 rings (SSSR count). The lowest BCUT2D eigenvalue weighted by Crippen LogP contribution is -2.09. The van der Waals surface area contributed by atoms with Crippen LogP contribution in [0.25, 0.3) is 24.3 Å². The maximum atomic E-state index is 10.4. The van der Waals surface area contributed by atoms with Gasteiger partial charge in [0, 0.05) is 48.6 Å². The SMILES string of the molecule is Cc1nc(/C=C/c2ccc(N(c3ccccc3)c3ccc(Br)cc3)cc2)c(C#N)c(/C=C/c2ccc(N(c3ccccc3)c3ccc(Br)cc3)cc2)c1C#N. The number of hydrogen-bond donors (Lipinski definition) is 0. The van der Waals surface area contributed by atoms with E-state index in [1.807, 2.05) is 109 Å². The predicted molar refractivity (Wildman–Crippen MR) is 234 cm³/mol. The number of pyridine rings is 1. The molecule has 0 N–H and O–H groups in total. The van der Waals surface area contributed by atoms with Gasteiger partial charge in [-0.15, -0.1) is 0 Å². The zero-order valence-electron chi connectivity index (χ0n) is 29.8. The first kappa shape index (κ1) is 36.8. The van der Waals surface area contributed by atoms with Gasteiger partial charge in [-0.25, -0.2) is 0 Å². The van der Waals surface area contributed by atoms with Gasteiger partial charge in [-0.1, -0.05) is 111 Å². The Morgan fingerprint density at radius 2 is 0.818 bits per heavy atom. The highest BCUT2D eigenvalue weighted by Gasteiger charge is 2.16. The fourth-order valence-corrected chi connectivity index (χ4v) is 6.88. The number of anilines is 6. The number of benzene rings is 6. The van der Waals surface area contributed by atoms with Crippen LogP contribution in [0.1, 0.15) is 39.2 Å². The number of nitriles is 2. The van der Waals surface area contributed by atoms with E-state index in [0.29, 0.717) is 28.1 Å². The van der Waals surface area contributed by atoms with Gasteiger partial charge in [0.25, 0.3) is 0 Å². The summed E-state index contributed by atoms with van der Waals surface area (Å²) in [4.78, 5) is 9.08. The van der Waals surface area contributed by atoms with E-state index in [-0.39, 0.29) is 0 Å². The number of rotatable bonds is 10. The first-order valence-electron chi connectivity index (χ1n) is 17.5. The second-order valence-electron chi connectivity index (χ2n) is 12.6. The number of aromatic nitrogens is 1. The number of halogens is 2. The van der Waals surface area contributed by atoms with Crippen molar-refractivity contribution in [1.82, 2.24) is 4.98 Å². The quantitative estimate of drug-likeness (QED) is 0.137. The molecule has 0 spiro atoms. The molecule has 0 unspecified atom stereocenters. The van der Waals surface area contributed by atoms with Crippen LogP contribution in [-0.4, -0.2) is 4.98 Å². The third kappa shape index (κ3) is 8.51. The van der Waals surface area contributed by atoms with Crippen molar-refractivity contribution in [3.8, 4) is 12.1 Å². The zero-order chi connectivity index (χ0) is 38.1. The largest absolute Gasteiger partial charge is 0.311 e. The first-order valence-corrected chi connectivity index (χ1v) is 19.1. The molecular weight excluding hydrogens is 806 g/mol. The highest BCUT2D eigenvalue weighted by atomic mass is 79.9. The van der Waals surface area contributed by atoms with Crippen molar-refractivity contribution in [3.05, 3.63) is 206 Å². The van der Waals surface area contributed by atoms with E-state index in [9.17, 15) is 10.5 Å². The molecule has 5 nitrogen and oxygen atoms in total. The van der Waals surface area contributed by atoms with Crippen molar-refractivity contribution >= 4 is 90.3 Å². The van der Waals surface area contributed by atoms with Crippen molar-refractivity contribution in [1.29, 1.82) is 10.5 Å². The van der Waals surface area contributed by atoms with Gasteiger partial charge < -0.3 is 9.80 Å². The molecule has 0 saturated heterocycles. The van der Waals surface area contributed by atoms with Crippen LogP contribution in [0, 0.1) is 29.6 Å². The number of hydrogen-bond acceptors (Lipinski definition) is 5. The Bertz CT molecular complexity index is 2550. The summed E-state index contributed by atoms with van der Waals surface area (Å²) in [7, 11) is 0. The maximum absolute atomic E-state index is 10.4. The fourth-order valence-electron chi connectivity index (χ4n) is 6.35. The van der Waals surface area contributed by atoms with Crippen LogP contribution < -0.4 is 9.80 Å². The highest BCUT2D eigenvalue weighted by molar-refractivity contribution is 9.10. The monoisotopic (exact) mass is 837 g/mol. The lowest BCUT2D eigenvalue weighted by atomic mass is 9.98. The molecule has 0 fully saturated rings. The average Bonchev–Trinajstić information content (AvgIpc) is 3.22. The Kier molecular flexibility index (Phi) is 11.4. The van der Waals surface area contributed by atoms with Gasteiger partial charge in [0.15, 0.2) is 0 Å². The Balaban J connectivity index is 1.16. The van der Waals surface area contributed by atoms with E-state index in [1.54, 1.807) is 6.92 Å². The molecular formula is C48H33Br2N5. The van der Waals surface area contributed by atoms with Crippen LogP contribution in [-0.2, 0) is 0 Å². The summed E-state index contributed by atoms with van der Waals surface area (Å²) in [5.41, 5.74) is 10.4. The zero-order valence-corrected chi connectivity index (χ0v) is 33.0. The van der Waals surface area contributed by atoms with E-state index in [1.165, 1.54) is 0 Å². The topological polar surface area (TPSA) is 67.0 Å². The van der Waals surface area contributed by atoms with Gasteiger partial charge in [-0.2, -0.15) is 10.5 Å². The molecule has 0 aliphatic rings. The van der Waals surface area contributed by atoms with Gasteiger partial charge in [-0.3, -0.25) is 4.98 Å². The molecule has 1 heterocycles. The standard InChI is InChI=1S/C48H33Br2N5/c1-34-46(32-51)45(30-16-35-12-22-41(23-13-35)54(39-8-4-2-5-9-39)43-26-18-37(49)19-27-43)47(33-52)48(53-34)31-17-36-14-24-42(25-15-36)55(40-10-6-3-7-11-40)44-28-20-38(50)21-29-44/h2-31H,1H3/b30-16+,31-17+. The van der Waals surface area contributed by atoms with Crippen LogP contribution in [0.4, 0.5) is 34.1 Å². The van der Waals surface area contributed by atoms with E-state index in [2.05, 4.69) is 132 Å². The van der Waals surface area contributed by atoms with Crippen molar-refractivity contribution in [2.75, 3.05) is 9.80 Å². The summed E-state index contributed by atoms with van der Waals surface area (Å²) in [6, 6.07) is 58.0. The predicted octanol–water partition coefficient (Wildman–Crippen LogP) is 13.9. The van der Waals surface area contributed by atoms with Crippen LogP contribution in [0.3, 0.4) is 0 Å². The molecule has 0 radical (unpaired) electrons. The third-order valence-electron chi connectivity index (χ3n) is 9.05. The summed E-state index contributed by atoms with van der Waals surface area (Å²) >= 11 is 7.09. The molecule has 264 valence electrons. The fraction of sp³-hybridized carbons (Fsp3) is 0.0208. The third-order valence-corrected chi connectivity index (χ3v) is 10.1. The summed E-state index contributed by atoms with van der Waals surface area (Å²) in [6.45, 7) is 1.80. The van der Waals surface area contributed by atoms with Crippen LogP contribution in [0.2, 0.25) is 0 Å². The molecule has 1 aromatic heterocycles.